The number of ether oxygens (including phenoxy) is 2. The van der Waals surface area contributed by atoms with E-state index in [1.165, 1.54) is 6.07 Å². The molecule has 1 heterocycles. The molecule has 0 atom stereocenters. The Bertz CT molecular complexity index is 1540. The average molecular weight is 580 g/mol. The number of nitrogens with one attached hydrogen (secondary N) is 2. The van der Waals surface area contributed by atoms with Crippen LogP contribution >= 0.6 is 11.6 Å². The number of anilines is 1. The SMILES string of the molecule is N=c1ccc2c(-c3ccc(C(=O)NCCOCCOCCCCCCCl)cc3C(=O)O)c3ccc(N)cc3oc-2c1. The summed E-state index contributed by atoms with van der Waals surface area (Å²) in [4.78, 5) is 25.2. The van der Waals surface area contributed by atoms with E-state index in [2.05, 4.69) is 5.32 Å². The molecule has 216 valence electrons. The third kappa shape index (κ3) is 7.85. The molecule has 2 aromatic rings. The van der Waals surface area contributed by atoms with Gasteiger partial charge in [-0.3, -0.25) is 4.79 Å². The summed E-state index contributed by atoms with van der Waals surface area (Å²) in [6.45, 7) is 2.18. The first-order chi connectivity index (χ1) is 19.9. The number of fused-ring (bicyclic) bond motifs is 2. The second-order valence-electron chi connectivity index (χ2n) is 9.59. The van der Waals surface area contributed by atoms with Crippen LogP contribution < -0.4 is 16.4 Å². The number of nitrogens with two attached hydrogens (primary N) is 1. The van der Waals surface area contributed by atoms with Gasteiger partial charge in [0.2, 0.25) is 0 Å². The van der Waals surface area contributed by atoms with Gasteiger partial charge in [-0.05, 0) is 54.8 Å². The summed E-state index contributed by atoms with van der Waals surface area (Å²) in [5, 5.41) is 21.8. The van der Waals surface area contributed by atoms with Crippen LogP contribution in [0, 0.1) is 5.41 Å². The first-order valence-corrected chi connectivity index (χ1v) is 14.1. The molecule has 41 heavy (non-hydrogen) atoms. The topological polar surface area (TPSA) is 148 Å². The molecule has 1 amide bonds. The molecule has 0 bridgehead atoms. The van der Waals surface area contributed by atoms with Crippen LogP contribution in [-0.2, 0) is 9.47 Å². The van der Waals surface area contributed by atoms with Crippen LogP contribution in [0.1, 0.15) is 46.4 Å². The van der Waals surface area contributed by atoms with Crippen molar-refractivity contribution in [1.29, 1.82) is 5.41 Å². The molecule has 2 aromatic carbocycles. The van der Waals surface area contributed by atoms with E-state index in [1.54, 1.807) is 48.5 Å². The molecule has 0 radical (unpaired) electrons. The number of hydrogen-bond acceptors (Lipinski definition) is 7. The largest absolute Gasteiger partial charge is 0.478 e. The molecule has 5 N–H and O–H groups in total. The Morgan fingerprint density at radius 3 is 2.44 bits per heavy atom. The molecular weight excluding hydrogens is 546 g/mol. The van der Waals surface area contributed by atoms with Crippen LogP contribution in [0.3, 0.4) is 0 Å². The molecule has 2 aliphatic rings. The highest BCUT2D eigenvalue weighted by atomic mass is 35.5. The smallest absolute Gasteiger partial charge is 0.336 e. The first kappa shape index (κ1) is 30.0. The number of carbonyl (C=O) groups excluding carboxylic acids is 1. The van der Waals surface area contributed by atoms with Gasteiger partial charge >= 0.3 is 5.97 Å². The van der Waals surface area contributed by atoms with E-state index < -0.39 is 11.9 Å². The van der Waals surface area contributed by atoms with Crippen molar-refractivity contribution in [2.75, 3.05) is 44.6 Å². The predicted molar refractivity (Wildman–Crippen MR) is 159 cm³/mol. The number of amides is 1. The van der Waals surface area contributed by atoms with Gasteiger partial charge in [-0.15, -0.1) is 11.6 Å². The Labute approximate surface area is 243 Å². The lowest BCUT2D eigenvalue weighted by Crippen LogP contribution is -2.28. The lowest BCUT2D eigenvalue weighted by molar-refractivity contribution is 0.0468. The highest BCUT2D eigenvalue weighted by Crippen LogP contribution is 2.41. The number of nitrogen functional groups attached to an aromatic ring is 1. The Morgan fingerprint density at radius 1 is 0.902 bits per heavy atom. The van der Waals surface area contributed by atoms with Gasteiger partial charge in [0.1, 0.15) is 11.3 Å². The zero-order valence-corrected chi connectivity index (χ0v) is 23.5. The molecule has 0 saturated carbocycles. The molecule has 0 unspecified atom stereocenters. The molecule has 0 aromatic heterocycles. The monoisotopic (exact) mass is 579 g/mol. The zero-order chi connectivity index (χ0) is 29.2. The van der Waals surface area contributed by atoms with E-state index in [4.69, 9.17) is 36.6 Å². The molecular formula is C31H34ClN3O6. The molecule has 9 nitrogen and oxygen atoms in total. The molecule has 4 rings (SSSR count). The van der Waals surface area contributed by atoms with Crippen molar-refractivity contribution in [1.82, 2.24) is 5.32 Å². The van der Waals surface area contributed by atoms with Gasteiger partial charge < -0.3 is 35.5 Å². The van der Waals surface area contributed by atoms with E-state index >= 15 is 0 Å². The van der Waals surface area contributed by atoms with E-state index in [0.717, 1.165) is 25.7 Å². The number of carbonyl (C=O) groups is 2. The van der Waals surface area contributed by atoms with Crippen molar-refractivity contribution in [3.8, 4) is 22.5 Å². The number of carboxylic acid groups (broad SMARTS) is 1. The fraction of sp³-hybridized carbons (Fsp3) is 0.323. The molecule has 1 aliphatic heterocycles. The fourth-order valence-corrected chi connectivity index (χ4v) is 4.78. The van der Waals surface area contributed by atoms with Crippen LogP contribution in [-0.4, -0.2) is 55.8 Å². The minimum atomic E-state index is -1.17. The average Bonchev–Trinajstić information content (AvgIpc) is 2.96. The third-order valence-electron chi connectivity index (χ3n) is 6.60. The number of unbranched alkanes of at least 4 members (excludes halogenated alkanes) is 3. The predicted octanol–water partition coefficient (Wildman–Crippen LogP) is 5.53. The summed E-state index contributed by atoms with van der Waals surface area (Å²) in [5.41, 5.74) is 8.79. The fourth-order valence-electron chi connectivity index (χ4n) is 4.59. The van der Waals surface area contributed by atoms with Crippen molar-refractivity contribution in [2.24, 2.45) is 0 Å². The Hall–Kier alpha value is -3.92. The highest BCUT2D eigenvalue weighted by molar-refractivity contribution is 6.17. The van der Waals surface area contributed by atoms with Crippen molar-refractivity contribution in [3.63, 3.8) is 0 Å². The van der Waals surface area contributed by atoms with E-state index in [0.29, 0.717) is 71.4 Å². The van der Waals surface area contributed by atoms with Crippen molar-refractivity contribution >= 4 is 40.1 Å². The maximum absolute atomic E-state index is 12.8. The normalized spacial score (nSPS) is 11.2. The summed E-state index contributed by atoms with van der Waals surface area (Å²) in [6.07, 6.45) is 4.23. The van der Waals surface area contributed by atoms with Crippen LogP contribution in [0.4, 0.5) is 5.69 Å². The number of hydrogen-bond donors (Lipinski definition) is 4. The third-order valence-corrected chi connectivity index (χ3v) is 6.87. The van der Waals surface area contributed by atoms with Crippen LogP contribution in [0.5, 0.6) is 0 Å². The Balaban J connectivity index is 1.43. The maximum Gasteiger partial charge on any atom is 0.336 e. The minimum absolute atomic E-state index is 0.0331. The van der Waals surface area contributed by atoms with Crippen LogP contribution in [0.2, 0.25) is 0 Å². The lowest BCUT2D eigenvalue weighted by atomic mass is 9.89. The standard InChI is InChI=1S/C31H34ClN3O6/c32-11-3-1-2-4-13-39-15-16-40-14-12-35-30(36)20-5-8-23(26(17-20)31(37)38)29-24-9-6-21(33)18-27(24)41-28-19-22(34)7-10-25(28)29/h5-10,17-19,33H,1-4,11-16,34H2,(H,35,36)(H,37,38). The van der Waals surface area contributed by atoms with Crippen molar-refractivity contribution in [2.45, 2.75) is 25.7 Å². The van der Waals surface area contributed by atoms with Crippen molar-refractivity contribution in [3.05, 3.63) is 71.1 Å². The molecule has 10 heteroatoms. The number of rotatable bonds is 15. The maximum atomic E-state index is 12.8. The van der Waals surface area contributed by atoms with E-state index in [1.807, 2.05) is 0 Å². The Morgan fingerprint density at radius 2 is 1.66 bits per heavy atom. The summed E-state index contributed by atoms with van der Waals surface area (Å²) in [7, 11) is 0. The summed E-state index contributed by atoms with van der Waals surface area (Å²) < 4.78 is 17.1. The molecule has 0 saturated heterocycles. The summed E-state index contributed by atoms with van der Waals surface area (Å²) >= 11 is 5.66. The van der Waals surface area contributed by atoms with Crippen LogP contribution in [0.15, 0.2) is 59.0 Å². The second kappa shape index (κ2) is 14.6. The first-order valence-electron chi connectivity index (χ1n) is 13.6. The van der Waals surface area contributed by atoms with E-state index in [9.17, 15) is 14.7 Å². The zero-order valence-electron chi connectivity index (χ0n) is 22.7. The quantitative estimate of drug-likeness (QED) is 0.0626. The van der Waals surface area contributed by atoms with E-state index in [-0.39, 0.29) is 23.0 Å². The van der Waals surface area contributed by atoms with Gasteiger partial charge in [-0.25, -0.2) is 4.79 Å². The van der Waals surface area contributed by atoms with Gasteiger partial charge in [0.15, 0.2) is 0 Å². The second-order valence-corrected chi connectivity index (χ2v) is 9.97. The molecule has 0 fully saturated rings. The van der Waals surface area contributed by atoms with Gasteiger partial charge in [0.05, 0.1) is 30.7 Å². The van der Waals surface area contributed by atoms with Gasteiger partial charge in [-0.1, -0.05) is 18.9 Å². The molecule has 0 spiro atoms. The number of halogens is 1. The van der Waals surface area contributed by atoms with Gasteiger partial charge in [-0.2, -0.15) is 0 Å². The van der Waals surface area contributed by atoms with Crippen molar-refractivity contribution < 1.29 is 28.6 Å². The van der Waals surface area contributed by atoms with Crippen LogP contribution in [0.25, 0.3) is 33.4 Å². The molecule has 1 aliphatic carbocycles. The lowest BCUT2D eigenvalue weighted by Gasteiger charge is -2.17. The summed E-state index contributed by atoms with van der Waals surface area (Å²) in [5.74, 6) is -0.454. The number of alkyl halides is 1. The summed E-state index contributed by atoms with van der Waals surface area (Å²) in [6, 6.07) is 14.7. The number of aromatic carboxylic acids is 1. The minimum Gasteiger partial charge on any atom is -0.478 e. The number of benzene rings is 3. The highest BCUT2D eigenvalue weighted by Gasteiger charge is 2.22. The van der Waals surface area contributed by atoms with Gasteiger partial charge in [0.25, 0.3) is 5.91 Å². The Kier molecular flexibility index (Phi) is 10.7. The van der Waals surface area contributed by atoms with Gasteiger partial charge in [0, 0.05) is 58.9 Å². The number of carboxylic acids is 1.